The van der Waals surface area contributed by atoms with Crippen molar-refractivity contribution in [2.24, 2.45) is 0 Å². The Balaban J connectivity index is 3.21. The minimum absolute atomic E-state index is 0.0775. The molecule has 1 aromatic rings. The number of nitrogens with one attached hydrogen (secondary N) is 3. The number of amides is 1. The fourth-order valence-electron chi connectivity index (χ4n) is 1.72. The molecular weight excluding hydrogens is 254 g/mol. The lowest BCUT2D eigenvalue weighted by Crippen LogP contribution is -2.36. The average Bonchev–Trinajstić information content (AvgIpc) is 2.38. The van der Waals surface area contributed by atoms with Gasteiger partial charge in [-0.25, -0.2) is 9.97 Å². The van der Waals surface area contributed by atoms with Crippen LogP contribution in [0.15, 0.2) is 0 Å². The van der Waals surface area contributed by atoms with Crippen LogP contribution in [-0.4, -0.2) is 36.0 Å². The number of aromatic nitrogens is 2. The zero-order valence-electron chi connectivity index (χ0n) is 13.4. The van der Waals surface area contributed by atoms with Crippen LogP contribution in [0.4, 0.5) is 11.6 Å². The van der Waals surface area contributed by atoms with Gasteiger partial charge in [-0.15, -0.1) is 0 Å². The Morgan fingerprint density at radius 3 is 2.15 bits per heavy atom. The van der Waals surface area contributed by atoms with E-state index in [0.717, 1.165) is 17.2 Å². The first kappa shape index (κ1) is 16.2. The van der Waals surface area contributed by atoms with Crippen molar-refractivity contribution in [2.75, 3.05) is 24.7 Å². The molecule has 112 valence electrons. The molecule has 6 nitrogen and oxygen atoms in total. The lowest BCUT2D eigenvalue weighted by atomic mass is 9.95. The van der Waals surface area contributed by atoms with Gasteiger partial charge >= 0.3 is 0 Å². The van der Waals surface area contributed by atoms with Crippen LogP contribution in [0.3, 0.4) is 0 Å². The first-order chi connectivity index (χ1) is 9.20. The molecule has 0 radical (unpaired) electrons. The fraction of sp³-hybridized carbons (Fsp3) is 0.643. The lowest BCUT2D eigenvalue weighted by Gasteiger charge is -2.22. The van der Waals surface area contributed by atoms with Crippen LogP contribution in [0.1, 0.15) is 39.1 Å². The predicted octanol–water partition coefficient (Wildman–Crippen LogP) is 1.67. The van der Waals surface area contributed by atoms with Crippen molar-refractivity contribution in [3.05, 3.63) is 11.4 Å². The molecule has 1 rings (SSSR count). The van der Waals surface area contributed by atoms with E-state index in [2.05, 4.69) is 46.7 Å². The fourth-order valence-corrected chi connectivity index (χ4v) is 1.72. The summed E-state index contributed by atoms with van der Waals surface area (Å²) in [5.74, 6) is 2.12. The third kappa shape index (κ3) is 3.59. The van der Waals surface area contributed by atoms with Crippen LogP contribution in [0.2, 0.25) is 0 Å². The van der Waals surface area contributed by atoms with E-state index in [1.165, 1.54) is 0 Å². The molecule has 1 aromatic heterocycles. The third-order valence-corrected chi connectivity index (χ3v) is 3.05. The van der Waals surface area contributed by atoms with E-state index in [4.69, 9.17) is 0 Å². The second-order valence-electron chi connectivity index (χ2n) is 5.85. The molecule has 1 heterocycles. The molecule has 3 N–H and O–H groups in total. The van der Waals surface area contributed by atoms with Gasteiger partial charge in [0.25, 0.3) is 0 Å². The topological polar surface area (TPSA) is 78.9 Å². The van der Waals surface area contributed by atoms with Gasteiger partial charge in [-0.05, 0) is 13.8 Å². The highest BCUT2D eigenvalue weighted by atomic mass is 16.2. The van der Waals surface area contributed by atoms with Gasteiger partial charge in [0.05, 0.1) is 0 Å². The maximum absolute atomic E-state index is 11.6. The van der Waals surface area contributed by atoms with E-state index < -0.39 is 0 Å². The monoisotopic (exact) mass is 279 g/mol. The number of anilines is 2. The maximum atomic E-state index is 11.6. The molecule has 20 heavy (non-hydrogen) atoms. The third-order valence-electron chi connectivity index (χ3n) is 3.05. The smallest absolute Gasteiger partial charge is 0.241 e. The summed E-state index contributed by atoms with van der Waals surface area (Å²) in [5, 5.41) is 8.84. The Labute approximate surface area is 120 Å². The van der Waals surface area contributed by atoms with E-state index in [0.29, 0.717) is 5.82 Å². The Hall–Kier alpha value is -1.85. The minimum atomic E-state index is -0.355. The van der Waals surface area contributed by atoms with Crippen molar-refractivity contribution >= 4 is 17.5 Å². The van der Waals surface area contributed by atoms with Crippen LogP contribution in [0.25, 0.3) is 0 Å². The van der Waals surface area contributed by atoms with E-state index in [-0.39, 0.29) is 17.4 Å². The molecule has 0 aliphatic heterocycles. The summed E-state index contributed by atoms with van der Waals surface area (Å²) < 4.78 is 0. The molecule has 1 amide bonds. The van der Waals surface area contributed by atoms with Crippen molar-refractivity contribution in [1.29, 1.82) is 0 Å². The molecule has 0 fully saturated rings. The van der Waals surface area contributed by atoms with E-state index in [1.54, 1.807) is 14.0 Å². The number of likely N-dealkylation sites (N-methyl/N-ethyl adjacent to an activating group) is 1. The molecule has 6 heteroatoms. The Kier molecular flexibility index (Phi) is 4.92. The normalized spacial score (nSPS) is 12.8. The molecule has 1 atom stereocenters. The Morgan fingerprint density at radius 1 is 1.15 bits per heavy atom. The number of nitrogens with zero attached hydrogens (tertiary/aromatic N) is 2. The molecule has 0 spiro atoms. The van der Waals surface area contributed by atoms with Gasteiger partial charge in [0.2, 0.25) is 5.91 Å². The Morgan fingerprint density at radius 2 is 1.70 bits per heavy atom. The zero-order chi connectivity index (χ0) is 15.5. The van der Waals surface area contributed by atoms with Crippen LogP contribution >= 0.6 is 0 Å². The molecular formula is C14H25N5O. The Bertz CT molecular complexity index is 493. The molecule has 0 saturated carbocycles. The molecule has 0 bridgehead atoms. The summed E-state index contributed by atoms with van der Waals surface area (Å²) in [7, 11) is 3.45. The van der Waals surface area contributed by atoms with Gasteiger partial charge < -0.3 is 16.0 Å². The predicted molar refractivity (Wildman–Crippen MR) is 82.2 cm³/mol. The van der Waals surface area contributed by atoms with E-state index in [1.807, 2.05) is 14.0 Å². The van der Waals surface area contributed by atoms with Gasteiger partial charge in [-0.3, -0.25) is 4.79 Å². The molecule has 0 aliphatic carbocycles. The van der Waals surface area contributed by atoms with Gasteiger partial charge in [0.1, 0.15) is 23.5 Å². The number of hydrogen-bond donors (Lipinski definition) is 3. The van der Waals surface area contributed by atoms with Gasteiger partial charge in [0, 0.05) is 25.1 Å². The van der Waals surface area contributed by atoms with Crippen LogP contribution in [-0.2, 0) is 10.2 Å². The zero-order valence-corrected chi connectivity index (χ0v) is 13.4. The van der Waals surface area contributed by atoms with Crippen molar-refractivity contribution in [3.8, 4) is 0 Å². The van der Waals surface area contributed by atoms with Crippen LogP contribution in [0.5, 0.6) is 0 Å². The standard InChI is InChI=1S/C14H25N5O/c1-8-10(15-6)18-13(14(3,4)5)19-11(8)17-9(2)12(20)16-7/h9H,1-7H3,(H,16,20)(H2,15,17,18,19). The first-order valence-electron chi connectivity index (χ1n) is 6.75. The summed E-state index contributed by atoms with van der Waals surface area (Å²) in [5.41, 5.74) is 0.739. The number of carbonyl (C=O) groups is 1. The van der Waals surface area contributed by atoms with Crippen molar-refractivity contribution in [2.45, 2.75) is 46.1 Å². The SMILES string of the molecule is CNC(=O)C(C)Nc1nc(C(C)(C)C)nc(NC)c1C. The second kappa shape index (κ2) is 6.07. The van der Waals surface area contributed by atoms with Crippen molar-refractivity contribution in [1.82, 2.24) is 15.3 Å². The second-order valence-corrected chi connectivity index (χ2v) is 5.85. The largest absolute Gasteiger partial charge is 0.373 e. The summed E-state index contributed by atoms with van der Waals surface area (Å²) in [4.78, 5) is 20.7. The average molecular weight is 279 g/mol. The van der Waals surface area contributed by atoms with Gasteiger partial charge in [-0.1, -0.05) is 20.8 Å². The number of carbonyl (C=O) groups excluding carboxylic acids is 1. The molecule has 0 aliphatic rings. The maximum Gasteiger partial charge on any atom is 0.241 e. The number of hydrogen-bond acceptors (Lipinski definition) is 5. The highest BCUT2D eigenvalue weighted by Crippen LogP contribution is 2.26. The van der Waals surface area contributed by atoms with Crippen LogP contribution < -0.4 is 16.0 Å². The van der Waals surface area contributed by atoms with Gasteiger partial charge in [0.15, 0.2) is 0 Å². The number of rotatable bonds is 4. The quantitative estimate of drug-likeness (QED) is 0.781. The molecule has 1 unspecified atom stereocenters. The summed E-state index contributed by atoms with van der Waals surface area (Å²) in [6.07, 6.45) is 0. The lowest BCUT2D eigenvalue weighted by molar-refractivity contribution is -0.121. The van der Waals surface area contributed by atoms with Crippen molar-refractivity contribution < 1.29 is 4.79 Å². The highest BCUT2D eigenvalue weighted by Gasteiger charge is 2.22. The first-order valence-corrected chi connectivity index (χ1v) is 6.75. The minimum Gasteiger partial charge on any atom is -0.373 e. The summed E-state index contributed by atoms with van der Waals surface area (Å²) in [6, 6.07) is -0.355. The summed E-state index contributed by atoms with van der Waals surface area (Å²) >= 11 is 0. The van der Waals surface area contributed by atoms with Crippen LogP contribution in [0, 0.1) is 6.92 Å². The van der Waals surface area contributed by atoms with E-state index in [9.17, 15) is 4.79 Å². The van der Waals surface area contributed by atoms with E-state index >= 15 is 0 Å². The summed E-state index contributed by atoms with van der Waals surface area (Å²) in [6.45, 7) is 9.91. The van der Waals surface area contributed by atoms with Crippen molar-refractivity contribution in [3.63, 3.8) is 0 Å². The van der Waals surface area contributed by atoms with Gasteiger partial charge in [-0.2, -0.15) is 0 Å². The molecule has 0 aromatic carbocycles. The highest BCUT2D eigenvalue weighted by molar-refractivity contribution is 5.84. The molecule has 0 saturated heterocycles.